The molecule has 0 spiro atoms. The average Bonchev–Trinajstić information content (AvgIpc) is 3.24. The number of sulfonamides is 1. The lowest BCUT2D eigenvalue weighted by Crippen LogP contribution is -2.32. The lowest BCUT2D eigenvalue weighted by molar-refractivity contribution is 0.520. The van der Waals surface area contributed by atoms with E-state index in [9.17, 15) is 8.42 Å². The highest BCUT2D eigenvalue weighted by molar-refractivity contribution is 7.89. The number of hydrogen-bond donors (Lipinski definition) is 0. The quantitative estimate of drug-likeness (QED) is 0.435. The van der Waals surface area contributed by atoms with E-state index in [1.165, 1.54) is 4.31 Å². The van der Waals surface area contributed by atoms with Gasteiger partial charge >= 0.3 is 0 Å². The minimum absolute atomic E-state index is 0.332. The summed E-state index contributed by atoms with van der Waals surface area (Å²) in [5, 5.41) is 4.75. The van der Waals surface area contributed by atoms with Crippen molar-refractivity contribution in [1.29, 1.82) is 0 Å². The summed E-state index contributed by atoms with van der Waals surface area (Å²) >= 11 is 7.36. The highest BCUT2D eigenvalue weighted by Crippen LogP contribution is 2.31. The smallest absolute Gasteiger partial charge is 0.242 e. The molecule has 0 bridgehead atoms. The number of hydrogen-bond acceptors (Lipinski definition) is 6. The number of anilines is 1. The van der Waals surface area contributed by atoms with Crippen LogP contribution in [0.5, 0.6) is 0 Å². The van der Waals surface area contributed by atoms with Crippen LogP contribution in [0.1, 0.15) is 12.0 Å². The third-order valence-corrected chi connectivity index (χ3v) is 8.68. The van der Waals surface area contributed by atoms with E-state index in [2.05, 4.69) is 17.0 Å². The summed E-state index contributed by atoms with van der Waals surface area (Å²) in [5.41, 5.74) is 3.16. The molecule has 1 aliphatic heterocycles. The van der Waals surface area contributed by atoms with Gasteiger partial charge in [-0.1, -0.05) is 23.5 Å². The largest absolute Gasteiger partial charge is 0.352 e. The highest BCUT2D eigenvalue weighted by atomic mass is 32.2. The number of aromatic nitrogens is 3. The van der Waals surface area contributed by atoms with E-state index < -0.39 is 10.0 Å². The van der Waals surface area contributed by atoms with E-state index in [-0.39, 0.29) is 0 Å². The Morgan fingerprint density at radius 1 is 1.20 bits per heavy atom. The first-order chi connectivity index (χ1) is 14.4. The van der Waals surface area contributed by atoms with Gasteiger partial charge in [0.15, 0.2) is 0 Å². The molecule has 0 unspecified atom stereocenters. The topological polar surface area (TPSA) is 62.9 Å². The lowest BCUT2D eigenvalue weighted by Gasteiger charge is -2.31. The van der Waals surface area contributed by atoms with Crippen LogP contribution in [-0.4, -0.2) is 47.5 Å². The van der Waals surface area contributed by atoms with Gasteiger partial charge in [-0.2, -0.15) is 0 Å². The minimum Gasteiger partial charge on any atom is -0.352 e. The van der Waals surface area contributed by atoms with Crippen molar-refractivity contribution in [1.82, 2.24) is 18.5 Å². The number of rotatable bonds is 4. The van der Waals surface area contributed by atoms with Gasteiger partial charge in [-0.05, 0) is 61.0 Å². The zero-order valence-corrected chi connectivity index (χ0v) is 19.1. The third-order valence-electron chi connectivity index (χ3n) is 5.47. The van der Waals surface area contributed by atoms with E-state index in [4.69, 9.17) is 17.3 Å². The van der Waals surface area contributed by atoms with E-state index in [0.29, 0.717) is 16.3 Å². The highest BCUT2D eigenvalue weighted by Gasteiger charge is 2.23. The molecule has 0 atom stereocenters. The maximum absolute atomic E-state index is 12.5. The summed E-state index contributed by atoms with van der Waals surface area (Å²) in [7, 11) is -0.340. The summed E-state index contributed by atoms with van der Waals surface area (Å²) in [5.74, 6) is 0. The van der Waals surface area contributed by atoms with Crippen LogP contribution in [0.25, 0.3) is 15.2 Å². The van der Waals surface area contributed by atoms with E-state index >= 15 is 0 Å². The van der Waals surface area contributed by atoms with Crippen molar-refractivity contribution in [2.24, 2.45) is 0 Å². The second-order valence-electron chi connectivity index (χ2n) is 7.56. The zero-order chi connectivity index (χ0) is 21.0. The first-order valence-electron chi connectivity index (χ1n) is 9.64. The summed E-state index contributed by atoms with van der Waals surface area (Å²) in [4.78, 5) is 3.43. The second-order valence-corrected chi connectivity index (χ2v) is 11.1. The molecule has 0 fully saturated rings. The first kappa shape index (κ1) is 19.7. The average molecular weight is 460 g/mol. The molecule has 0 saturated carbocycles. The fourth-order valence-electron chi connectivity index (χ4n) is 3.91. The summed E-state index contributed by atoms with van der Waals surface area (Å²) in [6, 6.07) is 13.6. The monoisotopic (exact) mass is 459 g/mol. The Hall–Kier alpha value is -2.27. The van der Waals surface area contributed by atoms with Gasteiger partial charge in [0.05, 0.1) is 15.1 Å². The normalized spacial score (nSPS) is 14.7. The molecule has 10 heteroatoms. The predicted molar refractivity (Wildman–Crippen MR) is 122 cm³/mol. The summed E-state index contributed by atoms with van der Waals surface area (Å²) < 4.78 is 31.9. The Morgan fingerprint density at radius 3 is 2.80 bits per heavy atom. The van der Waals surface area contributed by atoms with Crippen molar-refractivity contribution in [3.8, 4) is 0 Å². The fraction of sp³-hybridized carbons (Fsp3) is 0.300. The molecule has 30 heavy (non-hydrogen) atoms. The molecule has 0 aliphatic carbocycles. The number of benzene rings is 2. The maximum atomic E-state index is 12.5. The summed E-state index contributed by atoms with van der Waals surface area (Å²) in [6.45, 7) is 1.41. The van der Waals surface area contributed by atoms with E-state index in [0.717, 1.165) is 45.8 Å². The molecule has 2 aromatic heterocycles. The molecular weight excluding hydrogens is 438 g/mol. The molecule has 0 amide bonds. The summed E-state index contributed by atoms with van der Waals surface area (Å²) in [6.07, 6.45) is 1.81. The van der Waals surface area contributed by atoms with Gasteiger partial charge in [0.1, 0.15) is 6.67 Å². The van der Waals surface area contributed by atoms with Gasteiger partial charge in [-0.15, -0.1) is 5.10 Å². The Labute approximate surface area is 183 Å². The minimum atomic E-state index is -3.45. The van der Waals surface area contributed by atoms with Gasteiger partial charge in [0, 0.05) is 26.3 Å². The van der Waals surface area contributed by atoms with Crippen LogP contribution in [0.4, 0.5) is 5.69 Å². The Balaban J connectivity index is 1.51. The molecule has 2 aromatic carbocycles. The molecular formula is C20H21N5O2S3. The molecule has 0 radical (unpaired) electrons. The van der Waals surface area contributed by atoms with Crippen LogP contribution in [0.3, 0.4) is 0 Å². The Kier molecular flexibility index (Phi) is 4.69. The van der Waals surface area contributed by atoms with Crippen molar-refractivity contribution >= 4 is 54.4 Å². The van der Waals surface area contributed by atoms with Crippen molar-refractivity contribution < 1.29 is 8.42 Å². The maximum Gasteiger partial charge on any atom is 0.242 e. The lowest BCUT2D eigenvalue weighted by atomic mass is 10.0. The van der Waals surface area contributed by atoms with Crippen molar-refractivity contribution in [3.63, 3.8) is 0 Å². The number of para-hydroxylation sites is 1. The Bertz CT molecular complexity index is 1430. The molecule has 5 rings (SSSR count). The molecule has 1 aliphatic rings. The van der Waals surface area contributed by atoms with Gasteiger partial charge in [0.25, 0.3) is 0 Å². The number of fused-ring (bicyclic) bond motifs is 4. The van der Waals surface area contributed by atoms with Crippen molar-refractivity contribution in [2.75, 3.05) is 25.5 Å². The molecule has 156 valence electrons. The fourth-order valence-corrected chi connectivity index (χ4v) is 6.23. The van der Waals surface area contributed by atoms with Crippen molar-refractivity contribution in [2.45, 2.75) is 24.4 Å². The van der Waals surface area contributed by atoms with Crippen LogP contribution in [0, 0.1) is 4.77 Å². The van der Waals surface area contributed by atoms with Gasteiger partial charge in [0.2, 0.25) is 19.8 Å². The van der Waals surface area contributed by atoms with Crippen LogP contribution in [0.15, 0.2) is 47.4 Å². The van der Waals surface area contributed by atoms with Gasteiger partial charge < -0.3 is 4.90 Å². The van der Waals surface area contributed by atoms with Gasteiger partial charge in [-0.25, -0.2) is 17.4 Å². The molecule has 3 heterocycles. The van der Waals surface area contributed by atoms with E-state index in [1.54, 1.807) is 37.6 Å². The SMILES string of the molecule is CN(C)S(=O)(=O)c1ccc2c(c1)CCCN2Cn1nc2sc3ccccc3n2c1=S. The van der Waals surface area contributed by atoms with Crippen LogP contribution < -0.4 is 4.90 Å². The zero-order valence-electron chi connectivity index (χ0n) is 16.6. The Morgan fingerprint density at radius 2 is 2.00 bits per heavy atom. The first-order valence-corrected chi connectivity index (χ1v) is 12.3. The second kappa shape index (κ2) is 7.16. The number of thiazole rings is 1. The molecule has 0 N–H and O–H groups in total. The molecule has 4 aromatic rings. The third kappa shape index (κ3) is 3.06. The van der Waals surface area contributed by atoms with Crippen LogP contribution in [0.2, 0.25) is 0 Å². The van der Waals surface area contributed by atoms with Crippen LogP contribution >= 0.6 is 23.6 Å². The van der Waals surface area contributed by atoms with Crippen molar-refractivity contribution in [3.05, 3.63) is 52.8 Å². The standard InChI is InChI=1S/C20H21N5O2S3/c1-22(2)30(26,27)15-9-10-16-14(12-15)6-5-11-23(16)13-24-20(28)25-17-7-3-4-8-18(17)29-19(25)21-24/h3-4,7-10,12H,5-6,11,13H2,1-2H3. The predicted octanol–water partition coefficient (Wildman–Crippen LogP) is 3.74. The van der Waals surface area contributed by atoms with E-state index in [1.807, 2.05) is 27.3 Å². The molecule has 7 nitrogen and oxygen atoms in total. The number of aryl methyl sites for hydroxylation is 1. The number of nitrogens with zero attached hydrogens (tertiary/aromatic N) is 5. The van der Waals surface area contributed by atoms with Gasteiger partial charge in [-0.3, -0.25) is 4.40 Å². The molecule has 0 saturated heterocycles. The van der Waals surface area contributed by atoms with Crippen LogP contribution in [-0.2, 0) is 23.1 Å².